The minimum absolute atomic E-state index is 0.149. The summed E-state index contributed by atoms with van der Waals surface area (Å²) in [6, 6.07) is 12.4. The molecule has 0 aliphatic carbocycles. The highest BCUT2D eigenvalue weighted by Gasteiger charge is 2.10. The maximum Gasteiger partial charge on any atom is 0.331 e. The van der Waals surface area contributed by atoms with E-state index in [0.29, 0.717) is 11.3 Å². The van der Waals surface area contributed by atoms with Gasteiger partial charge in [-0.2, -0.15) is 0 Å². The summed E-state index contributed by atoms with van der Waals surface area (Å²) in [4.78, 5) is 27.4. The fourth-order valence-electron chi connectivity index (χ4n) is 1.94. The fourth-order valence-corrected chi connectivity index (χ4v) is 1.94. The van der Waals surface area contributed by atoms with E-state index in [1.165, 1.54) is 6.08 Å². The average molecular weight is 310 g/mol. The van der Waals surface area contributed by atoms with Crippen LogP contribution in [0.3, 0.4) is 0 Å². The Morgan fingerprint density at radius 3 is 2.52 bits per heavy atom. The third-order valence-electron chi connectivity index (χ3n) is 3.21. The van der Waals surface area contributed by atoms with Crippen molar-refractivity contribution in [3.8, 4) is 0 Å². The molecule has 0 saturated carbocycles. The van der Waals surface area contributed by atoms with Crippen molar-refractivity contribution in [2.45, 2.75) is 13.0 Å². The van der Waals surface area contributed by atoms with Gasteiger partial charge in [-0.25, -0.2) is 4.79 Å². The van der Waals surface area contributed by atoms with Gasteiger partial charge in [0.05, 0.1) is 5.69 Å². The highest BCUT2D eigenvalue weighted by molar-refractivity contribution is 5.94. The molecule has 1 heterocycles. The molecule has 5 nitrogen and oxygen atoms in total. The molecule has 0 radical (unpaired) electrons. The van der Waals surface area contributed by atoms with Crippen molar-refractivity contribution in [3.05, 3.63) is 71.6 Å². The number of nitrogens with one attached hydrogen (secondary N) is 1. The number of pyridine rings is 1. The number of amides is 1. The fraction of sp³-hybridized carbons (Fsp3) is 0.167. The van der Waals surface area contributed by atoms with Crippen LogP contribution in [0.25, 0.3) is 6.08 Å². The molecule has 23 heavy (non-hydrogen) atoms. The van der Waals surface area contributed by atoms with Gasteiger partial charge in [0, 0.05) is 24.9 Å². The van der Waals surface area contributed by atoms with Crippen LogP contribution in [-0.2, 0) is 9.53 Å². The van der Waals surface area contributed by atoms with Gasteiger partial charge in [0.25, 0.3) is 5.91 Å². The summed E-state index contributed by atoms with van der Waals surface area (Å²) < 4.78 is 5.29. The molecule has 1 unspecified atom stereocenters. The Morgan fingerprint density at radius 2 is 1.91 bits per heavy atom. The first-order chi connectivity index (χ1) is 11.1. The van der Waals surface area contributed by atoms with E-state index >= 15 is 0 Å². The molecule has 5 heteroatoms. The van der Waals surface area contributed by atoms with Gasteiger partial charge in [-0.1, -0.05) is 18.2 Å². The van der Waals surface area contributed by atoms with Gasteiger partial charge in [0.2, 0.25) is 0 Å². The van der Waals surface area contributed by atoms with Crippen molar-refractivity contribution in [2.75, 3.05) is 7.05 Å². The minimum atomic E-state index is -0.446. The van der Waals surface area contributed by atoms with Crippen LogP contribution >= 0.6 is 0 Å². The molecule has 0 fully saturated rings. The zero-order valence-electron chi connectivity index (χ0n) is 13.0. The number of rotatable bonds is 5. The van der Waals surface area contributed by atoms with Crippen LogP contribution in [0, 0.1) is 0 Å². The van der Waals surface area contributed by atoms with Gasteiger partial charge in [-0.15, -0.1) is 0 Å². The van der Waals surface area contributed by atoms with Gasteiger partial charge in [0.1, 0.15) is 6.10 Å². The molecule has 2 rings (SSSR count). The van der Waals surface area contributed by atoms with Crippen molar-refractivity contribution >= 4 is 18.0 Å². The normalized spacial score (nSPS) is 11.9. The second-order valence-electron chi connectivity index (χ2n) is 4.87. The summed E-state index contributed by atoms with van der Waals surface area (Å²) >= 11 is 0. The zero-order valence-corrected chi connectivity index (χ0v) is 13.0. The highest BCUT2D eigenvalue weighted by atomic mass is 16.5. The molecule has 1 aromatic heterocycles. The van der Waals surface area contributed by atoms with Crippen LogP contribution in [0.1, 0.15) is 34.6 Å². The Balaban J connectivity index is 1.94. The number of carbonyl (C=O) groups is 2. The molecule has 118 valence electrons. The van der Waals surface area contributed by atoms with Crippen molar-refractivity contribution < 1.29 is 14.3 Å². The molecule has 1 amide bonds. The van der Waals surface area contributed by atoms with Crippen molar-refractivity contribution in [1.82, 2.24) is 10.3 Å². The smallest absolute Gasteiger partial charge is 0.331 e. The van der Waals surface area contributed by atoms with Crippen molar-refractivity contribution in [2.24, 2.45) is 0 Å². The monoisotopic (exact) mass is 310 g/mol. The summed E-state index contributed by atoms with van der Waals surface area (Å²) in [5.74, 6) is -0.595. The summed E-state index contributed by atoms with van der Waals surface area (Å²) in [5.41, 5.74) is 2.07. The van der Waals surface area contributed by atoms with E-state index in [4.69, 9.17) is 4.74 Å². The SMILES string of the molecule is CNC(=O)c1ccc(/C=C/C(=O)OC(C)c2ccccn2)cc1. The topological polar surface area (TPSA) is 68.3 Å². The maximum absolute atomic E-state index is 11.8. The second kappa shape index (κ2) is 7.89. The van der Waals surface area contributed by atoms with Gasteiger partial charge >= 0.3 is 5.97 Å². The summed E-state index contributed by atoms with van der Waals surface area (Å²) in [7, 11) is 1.58. The molecule has 0 aliphatic heterocycles. The second-order valence-corrected chi connectivity index (χ2v) is 4.87. The first-order valence-electron chi connectivity index (χ1n) is 7.22. The molecular weight excluding hydrogens is 292 g/mol. The number of hydrogen-bond acceptors (Lipinski definition) is 4. The van der Waals surface area contributed by atoms with Gasteiger partial charge in [-0.05, 0) is 42.8 Å². The molecule has 0 saturated heterocycles. The van der Waals surface area contributed by atoms with E-state index in [9.17, 15) is 9.59 Å². The Morgan fingerprint density at radius 1 is 1.17 bits per heavy atom. The standard InChI is InChI=1S/C18H18N2O3/c1-13(16-5-3-4-12-20-16)23-17(21)11-8-14-6-9-15(10-7-14)18(22)19-2/h3-13H,1-2H3,(H,19,22)/b11-8+. The van der Waals surface area contributed by atoms with Crippen LogP contribution < -0.4 is 5.32 Å². The van der Waals surface area contributed by atoms with Crippen molar-refractivity contribution in [3.63, 3.8) is 0 Å². The molecule has 0 spiro atoms. The van der Waals surface area contributed by atoms with E-state index in [2.05, 4.69) is 10.3 Å². The van der Waals surface area contributed by atoms with Crippen molar-refractivity contribution in [1.29, 1.82) is 0 Å². The van der Waals surface area contributed by atoms with Gasteiger partial charge in [0.15, 0.2) is 0 Å². The van der Waals surface area contributed by atoms with Gasteiger partial charge in [-0.3, -0.25) is 9.78 Å². The Bertz CT molecular complexity index is 694. The summed E-state index contributed by atoms with van der Waals surface area (Å²) in [6.07, 6.45) is 4.24. The Kier molecular flexibility index (Phi) is 5.63. The average Bonchev–Trinajstić information content (AvgIpc) is 2.60. The molecular formula is C18H18N2O3. The van der Waals surface area contributed by atoms with Crippen LogP contribution in [-0.4, -0.2) is 23.9 Å². The summed E-state index contributed by atoms with van der Waals surface area (Å²) in [5, 5.41) is 2.55. The number of esters is 1. The van der Waals surface area contributed by atoms with E-state index in [1.54, 1.807) is 62.6 Å². The Labute approximate surface area is 135 Å². The zero-order chi connectivity index (χ0) is 16.7. The molecule has 1 N–H and O–H groups in total. The number of hydrogen-bond donors (Lipinski definition) is 1. The first kappa shape index (κ1) is 16.4. The number of carbonyl (C=O) groups excluding carboxylic acids is 2. The Hall–Kier alpha value is -2.95. The predicted molar refractivity (Wildman–Crippen MR) is 87.6 cm³/mol. The maximum atomic E-state index is 11.8. The number of ether oxygens (including phenoxy) is 1. The van der Waals surface area contributed by atoms with Crippen LogP contribution in [0.2, 0.25) is 0 Å². The first-order valence-corrected chi connectivity index (χ1v) is 7.22. The molecule has 1 aromatic carbocycles. The quantitative estimate of drug-likeness (QED) is 0.681. The van der Waals surface area contributed by atoms with Crippen LogP contribution in [0.15, 0.2) is 54.7 Å². The number of benzene rings is 1. The van der Waals surface area contributed by atoms with Gasteiger partial charge < -0.3 is 10.1 Å². The van der Waals surface area contributed by atoms with E-state index in [-0.39, 0.29) is 5.91 Å². The third-order valence-corrected chi connectivity index (χ3v) is 3.21. The molecule has 0 aliphatic rings. The van der Waals surface area contributed by atoms with Crippen LogP contribution in [0.4, 0.5) is 0 Å². The molecule has 2 aromatic rings. The number of aromatic nitrogens is 1. The molecule has 1 atom stereocenters. The minimum Gasteiger partial charge on any atom is -0.453 e. The lowest BCUT2D eigenvalue weighted by molar-refractivity contribution is -0.142. The lowest BCUT2D eigenvalue weighted by Crippen LogP contribution is -2.17. The molecule has 0 bridgehead atoms. The third kappa shape index (κ3) is 4.78. The lowest BCUT2D eigenvalue weighted by atomic mass is 10.1. The number of nitrogens with zero attached hydrogens (tertiary/aromatic N) is 1. The van der Waals surface area contributed by atoms with E-state index in [0.717, 1.165) is 5.56 Å². The highest BCUT2D eigenvalue weighted by Crippen LogP contribution is 2.14. The van der Waals surface area contributed by atoms with Crippen LogP contribution in [0.5, 0.6) is 0 Å². The summed E-state index contributed by atoms with van der Waals surface area (Å²) in [6.45, 7) is 1.77. The lowest BCUT2D eigenvalue weighted by Gasteiger charge is -2.10. The largest absolute Gasteiger partial charge is 0.453 e. The van der Waals surface area contributed by atoms with E-state index < -0.39 is 12.1 Å². The predicted octanol–water partition coefficient (Wildman–Crippen LogP) is 2.76. The van der Waals surface area contributed by atoms with E-state index in [1.807, 2.05) is 6.07 Å².